The molecule has 0 amide bonds. The predicted octanol–water partition coefficient (Wildman–Crippen LogP) is 3.74. The highest BCUT2D eigenvalue weighted by atomic mass is 16.5. The van der Waals surface area contributed by atoms with Gasteiger partial charge in [-0.2, -0.15) is 0 Å². The Kier molecular flexibility index (Phi) is 6.01. The fourth-order valence-corrected chi connectivity index (χ4v) is 2.27. The van der Waals surface area contributed by atoms with Gasteiger partial charge in [-0.3, -0.25) is 0 Å². The number of hydrogen-bond acceptors (Lipinski definition) is 3. The number of aliphatic hydroxyl groups excluding tert-OH is 1. The second kappa shape index (κ2) is 7.99. The molecule has 1 unspecified atom stereocenters. The average Bonchev–Trinajstić information content (AvgIpc) is 2.90. The third kappa shape index (κ3) is 4.88. The second-order valence-corrected chi connectivity index (χ2v) is 6.07. The fraction of sp³-hybridized carbons (Fsp3) is 0.500. The Bertz CT molecular complexity index is 561. The van der Waals surface area contributed by atoms with Crippen molar-refractivity contribution in [2.45, 2.75) is 46.3 Å². The Hall–Kier alpha value is -1.81. The Labute approximate surface area is 132 Å². The molecule has 0 aliphatic carbocycles. The van der Waals surface area contributed by atoms with Crippen molar-refractivity contribution in [3.63, 3.8) is 0 Å². The van der Waals surface area contributed by atoms with E-state index in [4.69, 9.17) is 4.74 Å². The van der Waals surface area contributed by atoms with Crippen molar-refractivity contribution in [1.29, 1.82) is 0 Å². The molecule has 1 aromatic carbocycles. The molecule has 0 saturated heterocycles. The zero-order chi connectivity index (χ0) is 15.9. The lowest BCUT2D eigenvalue weighted by Gasteiger charge is -2.13. The first kappa shape index (κ1) is 16.6. The van der Waals surface area contributed by atoms with Crippen LogP contribution in [0.15, 0.2) is 36.7 Å². The van der Waals surface area contributed by atoms with Gasteiger partial charge in [-0.15, -0.1) is 0 Å². The van der Waals surface area contributed by atoms with Gasteiger partial charge in [0.1, 0.15) is 11.6 Å². The molecule has 2 rings (SSSR count). The lowest BCUT2D eigenvalue weighted by atomic mass is 10.1. The molecule has 0 radical (unpaired) electrons. The number of imidazole rings is 1. The quantitative estimate of drug-likeness (QED) is 0.808. The molecule has 2 aromatic rings. The maximum atomic E-state index is 10.3. The van der Waals surface area contributed by atoms with Gasteiger partial charge in [0.2, 0.25) is 0 Å². The molecule has 0 aliphatic heterocycles. The third-order valence-corrected chi connectivity index (χ3v) is 3.80. The van der Waals surface area contributed by atoms with E-state index < -0.39 is 6.10 Å². The summed E-state index contributed by atoms with van der Waals surface area (Å²) >= 11 is 0. The van der Waals surface area contributed by atoms with Crippen LogP contribution in [0, 0.1) is 12.8 Å². The lowest BCUT2D eigenvalue weighted by molar-refractivity contribution is 0.160. The van der Waals surface area contributed by atoms with E-state index in [0.717, 1.165) is 36.7 Å². The summed E-state index contributed by atoms with van der Waals surface area (Å²) in [6.45, 7) is 7.84. The molecule has 4 nitrogen and oxygen atoms in total. The molecule has 22 heavy (non-hydrogen) atoms. The van der Waals surface area contributed by atoms with E-state index >= 15 is 0 Å². The number of aryl methyl sites for hydroxylation is 2. The van der Waals surface area contributed by atoms with Crippen molar-refractivity contribution < 1.29 is 9.84 Å². The monoisotopic (exact) mass is 302 g/mol. The third-order valence-electron chi connectivity index (χ3n) is 3.80. The molecule has 1 atom stereocenters. The lowest BCUT2D eigenvalue weighted by Crippen LogP contribution is -2.06. The number of ether oxygens (including phenoxy) is 1. The molecule has 120 valence electrons. The molecule has 4 heteroatoms. The highest BCUT2D eigenvalue weighted by Gasteiger charge is 2.09. The summed E-state index contributed by atoms with van der Waals surface area (Å²) in [5.74, 6) is 2.48. The van der Waals surface area contributed by atoms with E-state index in [-0.39, 0.29) is 0 Å². The van der Waals surface area contributed by atoms with E-state index in [2.05, 4.69) is 18.8 Å². The SMILES string of the molecule is Cc1nccn1CCC(O)c1ccc(OCCC(C)C)cc1. The fourth-order valence-electron chi connectivity index (χ4n) is 2.27. The minimum Gasteiger partial charge on any atom is -0.494 e. The van der Waals surface area contributed by atoms with Gasteiger partial charge in [0.25, 0.3) is 0 Å². The molecule has 1 aromatic heterocycles. The predicted molar refractivity (Wildman–Crippen MR) is 87.9 cm³/mol. The maximum Gasteiger partial charge on any atom is 0.119 e. The van der Waals surface area contributed by atoms with Crippen LogP contribution in [-0.2, 0) is 6.54 Å². The zero-order valence-corrected chi connectivity index (χ0v) is 13.7. The summed E-state index contributed by atoms with van der Waals surface area (Å²) in [6.07, 6.45) is 4.98. The summed E-state index contributed by atoms with van der Waals surface area (Å²) in [6, 6.07) is 7.75. The summed E-state index contributed by atoms with van der Waals surface area (Å²) < 4.78 is 7.74. The van der Waals surface area contributed by atoms with Crippen LogP contribution >= 0.6 is 0 Å². The Morgan fingerprint density at radius 3 is 2.50 bits per heavy atom. The number of hydrogen-bond donors (Lipinski definition) is 1. The van der Waals surface area contributed by atoms with Crippen molar-refractivity contribution in [3.05, 3.63) is 48.0 Å². The maximum absolute atomic E-state index is 10.3. The minimum absolute atomic E-state index is 0.466. The molecule has 0 saturated carbocycles. The largest absolute Gasteiger partial charge is 0.494 e. The average molecular weight is 302 g/mol. The Morgan fingerprint density at radius 2 is 1.91 bits per heavy atom. The van der Waals surface area contributed by atoms with Gasteiger partial charge in [-0.05, 0) is 43.4 Å². The molecule has 1 N–H and O–H groups in total. The van der Waals surface area contributed by atoms with Crippen LogP contribution in [0.2, 0.25) is 0 Å². The number of aromatic nitrogens is 2. The number of aliphatic hydroxyl groups is 1. The van der Waals surface area contributed by atoms with Crippen molar-refractivity contribution in [1.82, 2.24) is 9.55 Å². The molecular formula is C18H26N2O2. The summed E-state index contributed by atoms with van der Waals surface area (Å²) in [5, 5.41) is 10.3. The first-order valence-electron chi connectivity index (χ1n) is 7.95. The van der Waals surface area contributed by atoms with Gasteiger partial charge in [0.15, 0.2) is 0 Å². The smallest absolute Gasteiger partial charge is 0.119 e. The minimum atomic E-state index is -0.466. The van der Waals surface area contributed by atoms with Gasteiger partial charge in [0.05, 0.1) is 12.7 Å². The van der Waals surface area contributed by atoms with E-state index in [1.807, 2.05) is 42.0 Å². The van der Waals surface area contributed by atoms with Crippen molar-refractivity contribution >= 4 is 0 Å². The summed E-state index contributed by atoms with van der Waals surface area (Å²) in [4.78, 5) is 4.18. The van der Waals surface area contributed by atoms with Crippen LogP contribution in [0.5, 0.6) is 5.75 Å². The van der Waals surface area contributed by atoms with E-state index in [9.17, 15) is 5.11 Å². The van der Waals surface area contributed by atoms with Crippen molar-refractivity contribution in [2.75, 3.05) is 6.61 Å². The van der Waals surface area contributed by atoms with Crippen LogP contribution in [0.25, 0.3) is 0 Å². The molecule has 1 heterocycles. The van der Waals surface area contributed by atoms with Crippen LogP contribution in [-0.4, -0.2) is 21.3 Å². The summed E-state index contributed by atoms with van der Waals surface area (Å²) in [7, 11) is 0. The molecular weight excluding hydrogens is 276 g/mol. The van der Waals surface area contributed by atoms with Gasteiger partial charge in [0, 0.05) is 18.9 Å². The molecule has 0 aliphatic rings. The normalized spacial score (nSPS) is 12.6. The molecule has 0 fully saturated rings. The Balaban J connectivity index is 1.82. The molecule has 0 spiro atoms. The highest BCUT2D eigenvalue weighted by Crippen LogP contribution is 2.21. The van der Waals surface area contributed by atoms with E-state index in [1.165, 1.54) is 0 Å². The zero-order valence-electron chi connectivity index (χ0n) is 13.7. The standard InChI is InChI=1S/C18H26N2O2/c1-14(2)9-13-22-17-6-4-16(5-7-17)18(21)8-11-20-12-10-19-15(20)3/h4-7,10,12,14,18,21H,8-9,11,13H2,1-3H3. The van der Waals surface area contributed by atoms with Crippen LogP contribution < -0.4 is 4.74 Å². The van der Waals surface area contributed by atoms with Gasteiger partial charge >= 0.3 is 0 Å². The van der Waals surface area contributed by atoms with E-state index in [0.29, 0.717) is 12.3 Å². The van der Waals surface area contributed by atoms with Crippen molar-refractivity contribution in [3.8, 4) is 5.75 Å². The van der Waals surface area contributed by atoms with E-state index in [1.54, 1.807) is 6.20 Å². The van der Waals surface area contributed by atoms with Gasteiger partial charge in [-0.1, -0.05) is 26.0 Å². The number of nitrogens with zero attached hydrogens (tertiary/aromatic N) is 2. The first-order valence-corrected chi connectivity index (χ1v) is 7.95. The van der Waals surface area contributed by atoms with Gasteiger partial charge < -0.3 is 14.4 Å². The van der Waals surface area contributed by atoms with Crippen LogP contribution in [0.3, 0.4) is 0 Å². The van der Waals surface area contributed by atoms with Crippen molar-refractivity contribution in [2.24, 2.45) is 5.92 Å². The van der Waals surface area contributed by atoms with Crippen LogP contribution in [0.4, 0.5) is 0 Å². The summed E-state index contributed by atoms with van der Waals surface area (Å²) in [5.41, 5.74) is 0.925. The first-order chi connectivity index (χ1) is 10.6. The van der Waals surface area contributed by atoms with Crippen LogP contribution in [0.1, 0.15) is 44.2 Å². The van der Waals surface area contributed by atoms with Gasteiger partial charge in [-0.25, -0.2) is 4.98 Å². The number of rotatable bonds is 8. The highest BCUT2D eigenvalue weighted by molar-refractivity contribution is 5.28. The number of benzene rings is 1. The topological polar surface area (TPSA) is 47.3 Å². The second-order valence-electron chi connectivity index (χ2n) is 6.07. The molecule has 0 bridgehead atoms. The Morgan fingerprint density at radius 1 is 1.18 bits per heavy atom.